The van der Waals surface area contributed by atoms with Crippen molar-refractivity contribution in [3.05, 3.63) is 199 Å². The molecule has 0 spiro atoms. The maximum absolute atomic E-state index is 2.38. The van der Waals surface area contributed by atoms with Gasteiger partial charge in [0, 0.05) is 22.5 Å². The molecule has 0 saturated carbocycles. The molecular weight excluding hydrogens is 603 g/mol. The molecule has 0 fully saturated rings. The fourth-order valence-corrected chi connectivity index (χ4v) is 8.05. The molecule has 1 heteroatoms. The van der Waals surface area contributed by atoms with Crippen molar-refractivity contribution in [1.82, 2.24) is 0 Å². The predicted molar refractivity (Wildman–Crippen MR) is 213 cm³/mol. The summed E-state index contributed by atoms with van der Waals surface area (Å²) in [6, 6.07) is 68.5. The van der Waals surface area contributed by atoms with Crippen molar-refractivity contribution < 1.29 is 0 Å². The largest absolute Gasteiger partial charge is 0.310 e. The Balaban J connectivity index is 1.15. The van der Waals surface area contributed by atoms with Crippen molar-refractivity contribution in [2.24, 2.45) is 0 Å². The maximum Gasteiger partial charge on any atom is 0.0467 e. The molecule has 1 aliphatic carbocycles. The Hall–Kier alpha value is -6.18. The molecule has 0 bridgehead atoms. The third-order valence-corrected chi connectivity index (χ3v) is 10.5. The third kappa shape index (κ3) is 5.02. The van der Waals surface area contributed by atoms with E-state index in [4.69, 9.17) is 0 Å². The lowest BCUT2D eigenvalue weighted by molar-refractivity contribution is 0.662. The lowest BCUT2D eigenvalue weighted by atomic mass is 9.79. The van der Waals surface area contributed by atoms with Crippen LogP contribution >= 0.6 is 0 Å². The van der Waals surface area contributed by atoms with Crippen LogP contribution in [0.1, 0.15) is 25.0 Å². The Labute approximate surface area is 294 Å². The maximum atomic E-state index is 2.38. The van der Waals surface area contributed by atoms with E-state index in [0.717, 1.165) is 17.1 Å². The van der Waals surface area contributed by atoms with Gasteiger partial charge in [0.15, 0.2) is 0 Å². The van der Waals surface area contributed by atoms with E-state index >= 15 is 0 Å². The van der Waals surface area contributed by atoms with Gasteiger partial charge in [-0.25, -0.2) is 0 Å². The van der Waals surface area contributed by atoms with Crippen LogP contribution in [0.2, 0.25) is 0 Å². The van der Waals surface area contributed by atoms with Gasteiger partial charge in [-0.05, 0) is 103 Å². The number of anilines is 3. The summed E-state index contributed by atoms with van der Waals surface area (Å²) in [7, 11) is 0. The van der Waals surface area contributed by atoms with E-state index in [1.807, 2.05) is 0 Å². The quantitative estimate of drug-likeness (QED) is 0.175. The molecule has 1 nitrogen and oxygen atoms in total. The second kappa shape index (κ2) is 12.1. The molecule has 1 aliphatic rings. The van der Waals surface area contributed by atoms with Crippen molar-refractivity contribution >= 4 is 27.8 Å². The van der Waals surface area contributed by atoms with E-state index in [1.165, 1.54) is 66.4 Å². The first-order chi connectivity index (χ1) is 24.6. The van der Waals surface area contributed by atoms with Gasteiger partial charge in [0.2, 0.25) is 0 Å². The summed E-state index contributed by atoms with van der Waals surface area (Å²) in [4.78, 5) is 2.38. The van der Waals surface area contributed by atoms with Crippen LogP contribution in [0.5, 0.6) is 0 Å². The Morgan fingerprint density at radius 3 is 1.70 bits per heavy atom. The zero-order valence-electron chi connectivity index (χ0n) is 28.3. The summed E-state index contributed by atoms with van der Waals surface area (Å²) in [5, 5.41) is 2.51. The first-order valence-corrected chi connectivity index (χ1v) is 17.4. The number of hydrogen-bond donors (Lipinski definition) is 0. The molecule has 0 N–H and O–H groups in total. The second-order valence-corrected chi connectivity index (χ2v) is 13.8. The predicted octanol–water partition coefficient (Wildman–Crippen LogP) is 13.6. The lowest BCUT2D eigenvalue weighted by Gasteiger charge is -2.27. The van der Waals surface area contributed by atoms with Crippen LogP contribution < -0.4 is 4.90 Å². The molecule has 0 aromatic heterocycles. The zero-order chi connectivity index (χ0) is 33.7. The SMILES string of the molecule is CC1(C)c2ccccc2-c2cccc(-c3ccc(N(c4ccc(-c5ccccc5)cc4)c4cccc(-c5cccc6ccccc56)c4)cc3)c21. The Morgan fingerprint density at radius 2 is 0.900 bits per heavy atom. The van der Waals surface area contributed by atoms with E-state index in [1.54, 1.807) is 0 Å². The highest BCUT2D eigenvalue weighted by atomic mass is 15.1. The molecule has 0 saturated heterocycles. The Bertz CT molecular complexity index is 2480. The van der Waals surface area contributed by atoms with Crippen molar-refractivity contribution in [1.29, 1.82) is 0 Å². The fraction of sp³-hybridized carbons (Fsp3) is 0.0612. The average molecular weight is 640 g/mol. The fourth-order valence-electron chi connectivity index (χ4n) is 8.05. The first-order valence-electron chi connectivity index (χ1n) is 17.4. The van der Waals surface area contributed by atoms with Gasteiger partial charge in [-0.3, -0.25) is 0 Å². The smallest absolute Gasteiger partial charge is 0.0467 e. The van der Waals surface area contributed by atoms with Crippen LogP contribution in [0.25, 0.3) is 55.3 Å². The molecule has 0 radical (unpaired) electrons. The summed E-state index contributed by atoms with van der Waals surface area (Å²) in [5.74, 6) is 0. The van der Waals surface area contributed by atoms with Crippen molar-refractivity contribution in [2.75, 3.05) is 4.90 Å². The summed E-state index contributed by atoms with van der Waals surface area (Å²) in [6.45, 7) is 4.72. The monoisotopic (exact) mass is 639 g/mol. The minimum atomic E-state index is -0.0736. The van der Waals surface area contributed by atoms with Gasteiger partial charge in [0.25, 0.3) is 0 Å². The van der Waals surface area contributed by atoms with E-state index in [0.29, 0.717) is 0 Å². The second-order valence-electron chi connectivity index (χ2n) is 13.8. The van der Waals surface area contributed by atoms with Gasteiger partial charge in [0.05, 0.1) is 0 Å². The highest BCUT2D eigenvalue weighted by molar-refractivity contribution is 5.97. The molecule has 0 amide bonds. The van der Waals surface area contributed by atoms with Crippen molar-refractivity contribution in [3.8, 4) is 44.5 Å². The molecular formula is C49H37N. The van der Waals surface area contributed by atoms with Gasteiger partial charge in [-0.2, -0.15) is 0 Å². The van der Waals surface area contributed by atoms with Crippen LogP contribution in [0.4, 0.5) is 17.1 Å². The lowest BCUT2D eigenvalue weighted by Crippen LogP contribution is -2.16. The molecule has 0 unspecified atom stereocenters. The van der Waals surface area contributed by atoms with Crippen LogP contribution in [0.3, 0.4) is 0 Å². The summed E-state index contributed by atoms with van der Waals surface area (Å²) < 4.78 is 0. The number of nitrogens with zero attached hydrogens (tertiary/aromatic N) is 1. The molecule has 0 aliphatic heterocycles. The molecule has 8 aromatic rings. The summed E-state index contributed by atoms with van der Waals surface area (Å²) >= 11 is 0. The molecule has 238 valence electrons. The third-order valence-electron chi connectivity index (χ3n) is 10.5. The minimum Gasteiger partial charge on any atom is -0.310 e. The Kier molecular flexibility index (Phi) is 7.21. The zero-order valence-corrected chi connectivity index (χ0v) is 28.3. The first kappa shape index (κ1) is 29.9. The number of hydrogen-bond acceptors (Lipinski definition) is 1. The van der Waals surface area contributed by atoms with Gasteiger partial charge >= 0.3 is 0 Å². The van der Waals surface area contributed by atoms with Crippen LogP contribution in [0, 0.1) is 0 Å². The highest BCUT2D eigenvalue weighted by Gasteiger charge is 2.37. The van der Waals surface area contributed by atoms with Gasteiger partial charge in [0.1, 0.15) is 0 Å². The van der Waals surface area contributed by atoms with E-state index in [-0.39, 0.29) is 5.41 Å². The minimum absolute atomic E-state index is 0.0736. The van der Waals surface area contributed by atoms with Crippen molar-refractivity contribution in [3.63, 3.8) is 0 Å². The molecule has 9 rings (SSSR count). The summed E-state index contributed by atoms with van der Waals surface area (Å²) in [5.41, 5.74) is 16.2. The van der Waals surface area contributed by atoms with Crippen LogP contribution in [0.15, 0.2) is 188 Å². The molecule has 8 aromatic carbocycles. The number of rotatable bonds is 6. The average Bonchev–Trinajstić information content (AvgIpc) is 3.42. The Morgan fingerprint density at radius 1 is 0.360 bits per heavy atom. The normalized spacial score (nSPS) is 12.8. The van der Waals surface area contributed by atoms with Gasteiger partial charge < -0.3 is 4.90 Å². The van der Waals surface area contributed by atoms with Crippen LogP contribution in [-0.2, 0) is 5.41 Å². The number of fused-ring (bicyclic) bond motifs is 4. The van der Waals surface area contributed by atoms with E-state index < -0.39 is 0 Å². The molecule has 0 heterocycles. The highest BCUT2D eigenvalue weighted by Crippen LogP contribution is 2.52. The standard InChI is InChI=1S/C49H37N/c1-49(2)47-24-9-8-20-45(47)46-23-12-22-44(48(46)49)37-27-31-40(32-28-37)50(39-29-25-35(26-30-39)34-13-4-3-5-14-34)41-18-10-17-38(33-41)43-21-11-16-36-15-6-7-19-42(36)43/h3-33H,1-2H3. The van der Waals surface area contributed by atoms with Crippen LogP contribution in [-0.4, -0.2) is 0 Å². The molecule has 50 heavy (non-hydrogen) atoms. The van der Waals surface area contributed by atoms with Gasteiger partial charge in [-0.1, -0.05) is 166 Å². The van der Waals surface area contributed by atoms with Crippen molar-refractivity contribution in [2.45, 2.75) is 19.3 Å². The van der Waals surface area contributed by atoms with E-state index in [2.05, 4.69) is 207 Å². The summed E-state index contributed by atoms with van der Waals surface area (Å²) in [6.07, 6.45) is 0. The number of benzene rings is 8. The topological polar surface area (TPSA) is 3.24 Å². The molecule has 0 atom stereocenters. The van der Waals surface area contributed by atoms with Gasteiger partial charge in [-0.15, -0.1) is 0 Å². The van der Waals surface area contributed by atoms with E-state index in [9.17, 15) is 0 Å².